The van der Waals surface area contributed by atoms with Crippen molar-refractivity contribution >= 4 is 17.0 Å². The first-order chi connectivity index (χ1) is 17.4. The number of fused-ring (bicyclic) bond motifs is 1. The van der Waals surface area contributed by atoms with Crippen molar-refractivity contribution in [1.29, 1.82) is 0 Å². The zero-order chi connectivity index (χ0) is 25.4. The Labute approximate surface area is 210 Å². The molecular formula is C27H30N6O3. The largest absolute Gasteiger partial charge is 0.493 e. The van der Waals surface area contributed by atoms with E-state index in [9.17, 15) is 4.79 Å². The summed E-state index contributed by atoms with van der Waals surface area (Å²) in [6, 6.07) is 13.6. The van der Waals surface area contributed by atoms with Gasteiger partial charge in [-0.15, -0.1) is 0 Å². The molecule has 0 aliphatic carbocycles. The number of hydrogen-bond acceptors (Lipinski definition) is 7. The van der Waals surface area contributed by atoms with Crippen molar-refractivity contribution < 1.29 is 14.3 Å². The summed E-state index contributed by atoms with van der Waals surface area (Å²) in [5, 5.41) is 5.43. The number of likely N-dealkylation sites (N-methyl/N-ethyl adjacent to an activating group) is 1. The predicted molar refractivity (Wildman–Crippen MR) is 138 cm³/mol. The first-order valence-corrected chi connectivity index (χ1v) is 12.0. The Balaban J connectivity index is 1.58. The quantitative estimate of drug-likeness (QED) is 0.427. The minimum atomic E-state index is -0.398. The number of aryl methyl sites for hydroxylation is 1. The highest BCUT2D eigenvalue weighted by molar-refractivity contribution is 5.97. The topological polar surface area (TPSA) is 85.6 Å². The molecule has 2 atom stereocenters. The summed E-state index contributed by atoms with van der Waals surface area (Å²) in [5.41, 5.74) is 4.04. The third kappa shape index (κ3) is 4.37. The highest BCUT2D eigenvalue weighted by Gasteiger charge is 2.33. The van der Waals surface area contributed by atoms with E-state index in [2.05, 4.69) is 27.0 Å². The van der Waals surface area contributed by atoms with Crippen molar-refractivity contribution in [1.82, 2.24) is 29.5 Å². The second-order valence-corrected chi connectivity index (χ2v) is 9.37. The molecule has 1 amide bonds. The Morgan fingerprint density at radius 3 is 2.39 bits per heavy atom. The van der Waals surface area contributed by atoms with Crippen molar-refractivity contribution in [2.45, 2.75) is 25.9 Å². The lowest BCUT2D eigenvalue weighted by Crippen LogP contribution is -2.58. The van der Waals surface area contributed by atoms with Gasteiger partial charge in [0.15, 0.2) is 11.5 Å². The van der Waals surface area contributed by atoms with Crippen LogP contribution < -0.4 is 9.47 Å². The molecule has 0 saturated carbocycles. The van der Waals surface area contributed by atoms with E-state index in [4.69, 9.17) is 9.47 Å². The van der Waals surface area contributed by atoms with E-state index < -0.39 is 6.09 Å². The molecule has 4 aromatic rings. The SMILES string of the molecule is COc1cc2ncnc(-c3cn(C)nc3-c3ccccc3)c2cc1OC(=O)N1[C@@H](C)CN(C)C[C@@H]1C. The van der Waals surface area contributed by atoms with Gasteiger partial charge >= 0.3 is 6.09 Å². The second-order valence-electron chi connectivity index (χ2n) is 9.37. The molecule has 0 N–H and O–H groups in total. The van der Waals surface area contributed by atoms with Crippen LogP contribution in [0.1, 0.15) is 13.8 Å². The van der Waals surface area contributed by atoms with Crippen LogP contribution in [-0.2, 0) is 7.05 Å². The highest BCUT2D eigenvalue weighted by Crippen LogP contribution is 2.38. The van der Waals surface area contributed by atoms with Gasteiger partial charge in [-0.05, 0) is 27.0 Å². The summed E-state index contributed by atoms with van der Waals surface area (Å²) >= 11 is 0. The molecule has 186 valence electrons. The number of aromatic nitrogens is 4. The van der Waals surface area contributed by atoms with Crippen LogP contribution in [0.3, 0.4) is 0 Å². The fraction of sp³-hybridized carbons (Fsp3) is 0.333. The van der Waals surface area contributed by atoms with Gasteiger partial charge in [0.05, 0.1) is 18.3 Å². The molecule has 5 rings (SSSR count). The predicted octanol–water partition coefficient (Wildman–Crippen LogP) is 4.23. The molecule has 1 aliphatic heterocycles. The summed E-state index contributed by atoms with van der Waals surface area (Å²) in [6.07, 6.45) is 3.07. The molecular weight excluding hydrogens is 456 g/mol. The number of carbonyl (C=O) groups is 1. The Kier molecular flexibility index (Phi) is 6.32. The lowest BCUT2D eigenvalue weighted by Gasteiger charge is -2.42. The summed E-state index contributed by atoms with van der Waals surface area (Å²) in [6.45, 7) is 5.64. The molecule has 2 aromatic carbocycles. The molecule has 3 heterocycles. The van der Waals surface area contributed by atoms with Crippen molar-refractivity contribution in [3.63, 3.8) is 0 Å². The number of rotatable bonds is 4. The molecule has 36 heavy (non-hydrogen) atoms. The van der Waals surface area contributed by atoms with Gasteiger partial charge in [-0.1, -0.05) is 30.3 Å². The number of amides is 1. The number of benzene rings is 2. The lowest BCUT2D eigenvalue weighted by atomic mass is 10.0. The number of nitrogens with zero attached hydrogens (tertiary/aromatic N) is 6. The molecule has 1 saturated heterocycles. The minimum Gasteiger partial charge on any atom is -0.493 e. The molecule has 9 nitrogen and oxygen atoms in total. The number of hydrogen-bond donors (Lipinski definition) is 0. The lowest BCUT2D eigenvalue weighted by molar-refractivity contribution is 0.0552. The average molecular weight is 487 g/mol. The summed E-state index contributed by atoms with van der Waals surface area (Å²) in [7, 11) is 5.50. The third-order valence-electron chi connectivity index (χ3n) is 6.56. The maximum Gasteiger partial charge on any atom is 0.415 e. The first kappa shape index (κ1) is 23.7. The van der Waals surface area contributed by atoms with Crippen molar-refractivity contribution in [3.8, 4) is 34.0 Å². The molecule has 0 spiro atoms. The van der Waals surface area contributed by atoms with E-state index in [0.717, 1.165) is 35.3 Å². The van der Waals surface area contributed by atoms with Gasteiger partial charge in [0.2, 0.25) is 0 Å². The number of methoxy groups -OCH3 is 1. The summed E-state index contributed by atoms with van der Waals surface area (Å²) in [4.78, 5) is 26.4. The van der Waals surface area contributed by atoms with Crippen LogP contribution in [0.15, 0.2) is 55.0 Å². The molecule has 0 radical (unpaired) electrons. The van der Waals surface area contributed by atoms with E-state index in [1.807, 2.05) is 57.4 Å². The molecule has 1 fully saturated rings. The van der Waals surface area contributed by atoms with E-state index in [1.165, 1.54) is 6.33 Å². The van der Waals surface area contributed by atoms with Gasteiger partial charge in [0, 0.05) is 61.0 Å². The van der Waals surface area contributed by atoms with Crippen molar-refractivity contribution in [3.05, 3.63) is 55.0 Å². The Hall–Kier alpha value is -3.98. The number of piperazine rings is 1. The van der Waals surface area contributed by atoms with Crippen LogP contribution in [0.5, 0.6) is 11.5 Å². The average Bonchev–Trinajstić information content (AvgIpc) is 3.24. The Morgan fingerprint density at radius 2 is 1.69 bits per heavy atom. The highest BCUT2D eigenvalue weighted by atomic mass is 16.6. The number of ether oxygens (including phenoxy) is 2. The van der Waals surface area contributed by atoms with E-state index in [-0.39, 0.29) is 12.1 Å². The van der Waals surface area contributed by atoms with Crippen molar-refractivity contribution in [2.24, 2.45) is 7.05 Å². The van der Waals surface area contributed by atoms with E-state index >= 15 is 0 Å². The fourth-order valence-electron chi connectivity index (χ4n) is 5.08. The second kappa shape index (κ2) is 9.58. The summed E-state index contributed by atoms with van der Waals surface area (Å²) in [5.74, 6) is 0.763. The van der Waals surface area contributed by atoms with Gasteiger partial charge in [-0.25, -0.2) is 14.8 Å². The smallest absolute Gasteiger partial charge is 0.415 e. The Bertz CT molecular complexity index is 1390. The van der Waals surface area contributed by atoms with Gasteiger partial charge in [0.25, 0.3) is 0 Å². The van der Waals surface area contributed by atoms with Gasteiger partial charge < -0.3 is 14.4 Å². The van der Waals surface area contributed by atoms with Gasteiger partial charge in [-0.2, -0.15) is 5.10 Å². The van der Waals surface area contributed by atoms with Crippen LogP contribution in [0, 0.1) is 0 Å². The minimum absolute atomic E-state index is 0.0282. The molecule has 1 aliphatic rings. The molecule has 0 unspecified atom stereocenters. The molecule has 0 bridgehead atoms. The van der Waals surface area contributed by atoms with Gasteiger partial charge in [0.1, 0.15) is 12.0 Å². The van der Waals surface area contributed by atoms with Crippen LogP contribution >= 0.6 is 0 Å². The van der Waals surface area contributed by atoms with Crippen LogP contribution in [0.25, 0.3) is 33.4 Å². The molecule has 9 heteroatoms. The third-order valence-corrected chi connectivity index (χ3v) is 6.56. The Morgan fingerprint density at radius 1 is 0.972 bits per heavy atom. The van der Waals surface area contributed by atoms with Crippen LogP contribution in [0.4, 0.5) is 4.79 Å². The number of carbonyl (C=O) groups excluding carboxylic acids is 1. The monoisotopic (exact) mass is 486 g/mol. The van der Waals surface area contributed by atoms with Crippen LogP contribution in [-0.4, -0.2) is 75.0 Å². The zero-order valence-electron chi connectivity index (χ0n) is 21.2. The van der Waals surface area contributed by atoms with Gasteiger partial charge in [-0.3, -0.25) is 9.58 Å². The van der Waals surface area contributed by atoms with E-state index in [1.54, 1.807) is 28.8 Å². The maximum absolute atomic E-state index is 13.3. The summed E-state index contributed by atoms with van der Waals surface area (Å²) < 4.78 is 13.3. The van der Waals surface area contributed by atoms with Crippen LogP contribution in [0.2, 0.25) is 0 Å². The molecule has 2 aromatic heterocycles. The fourth-order valence-corrected chi connectivity index (χ4v) is 5.08. The van der Waals surface area contributed by atoms with Crippen molar-refractivity contribution in [2.75, 3.05) is 27.2 Å². The maximum atomic E-state index is 13.3. The van der Waals surface area contributed by atoms with E-state index in [0.29, 0.717) is 22.7 Å². The zero-order valence-corrected chi connectivity index (χ0v) is 21.2. The standard InChI is InChI=1S/C27H30N6O3/c1-17-13-31(3)14-18(2)33(17)27(34)36-24-11-20-22(12-23(24)35-5)28-16-29-26(20)21-15-32(4)30-25(21)19-9-7-6-8-10-19/h6-12,15-18H,13-14H2,1-5H3/t17-,18-/m0/s1. The normalized spacial score (nSPS) is 18.4. The first-order valence-electron chi connectivity index (χ1n) is 12.0.